The molecule has 0 heteroatoms. The second-order valence-electron chi connectivity index (χ2n) is 4.66. The largest absolute Gasteiger partial charge is 0.0770 e. The van der Waals surface area contributed by atoms with Crippen molar-refractivity contribution < 1.29 is 0 Å². The molecule has 0 heterocycles. The van der Waals surface area contributed by atoms with Crippen molar-refractivity contribution in [3.05, 3.63) is 11.1 Å². The van der Waals surface area contributed by atoms with Crippen LogP contribution in [0.3, 0.4) is 0 Å². The van der Waals surface area contributed by atoms with Crippen LogP contribution in [0.1, 0.15) is 54.9 Å². The molecule has 0 aromatic rings. The van der Waals surface area contributed by atoms with Crippen LogP contribution in [0.15, 0.2) is 11.1 Å². The zero-order valence-corrected chi connectivity index (χ0v) is 9.78. The van der Waals surface area contributed by atoms with Gasteiger partial charge in [0, 0.05) is 0 Å². The Bertz CT molecular complexity index is 168. The topological polar surface area (TPSA) is 0 Å². The van der Waals surface area contributed by atoms with Gasteiger partial charge in [0.25, 0.3) is 0 Å². The summed E-state index contributed by atoms with van der Waals surface area (Å²) in [6.07, 6.45) is 1.26. The summed E-state index contributed by atoms with van der Waals surface area (Å²) >= 11 is 0. The van der Waals surface area contributed by atoms with E-state index in [-0.39, 0.29) is 0 Å². The van der Waals surface area contributed by atoms with Crippen LogP contribution in [-0.4, -0.2) is 0 Å². The molecule has 0 nitrogen and oxygen atoms in total. The summed E-state index contributed by atoms with van der Waals surface area (Å²) in [6, 6.07) is 0. The normalized spacial score (nSPS) is 14.2. The molecule has 0 aromatic carbocycles. The molecule has 0 rings (SSSR count). The summed E-state index contributed by atoms with van der Waals surface area (Å²) in [5, 5.41) is 0. The molecule has 1 unspecified atom stereocenters. The highest BCUT2D eigenvalue weighted by Gasteiger charge is 2.26. The Kier molecular flexibility index (Phi) is 4.02. The van der Waals surface area contributed by atoms with E-state index in [9.17, 15) is 0 Å². The SMILES string of the molecule is CCC(C)C(C)(C)C(C)=C(C)C. The molecule has 0 N–H and O–H groups in total. The second kappa shape index (κ2) is 4.11. The summed E-state index contributed by atoms with van der Waals surface area (Å²) < 4.78 is 0. The first kappa shape index (κ1) is 11.7. The van der Waals surface area contributed by atoms with Gasteiger partial charge in [0.1, 0.15) is 0 Å². The molecule has 0 saturated heterocycles. The summed E-state index contributed by atoms with van der Waals surface area (Å²) in [4.78, 5) is 0. The van der Waals surface area contributed by atoms with Gasteiger partial charge in [-0.25, -0.2) is 0 Å². The van der Waals surface area contributed by atoms with Gasteiger partial charge in [-0.3, -0.25) is 0 Å². The third-order valence-electron chi connectivity index (χ3n) is 3.56. The molecular weight excluding hydrogens is 144 g/mol. The summed E-state index contributed by atoms with van der Waals surface area (Å²) in [5.74, 6) is 0.771. The number of hydrogen-bond donors (Lipinski definition) is 0. The van der Waals surface area contributed by atoms with Gasteiger partial charge in [-0.1, -0.05) is 45.3 Å². The van der Waals surface area contributed by atoms with Crippen LogP contribution in [0.4, 0.5) is 0 Å². The lowest BCUT2D eigenvalue weighted by molar-refractivity contribution is 0.276. The Morgan fingerprint density at radius 2 is 1.58 bits per heavy atom. The lowest BCUT2D eigenvalue weighted by Gasteiger charge is -2.33. The van der Waals surface area contributed by atoms with Gasteiger partial charge >= 0.3 is 0 Å². The van der Waals surface area contributed by atoms with Crippen LogP contribution in [0.5, 0.6) is 0 Å². The molecule has 0 fully saturated rings. The molecule has 0 aromatic heterocycles. The fourth-order valence-electron chi connectivity index (χ4n) is 1.52. The van der Waals surface area contributed by atoms with Crippen LogP contribution in [-0.2, 0) is 0 Å². The van der Waals surface area contributed by atoms with Gasteiger partial charge in [0.05, 0.1) is 0 Å². The van der Waals surface area contributed by atoms with Crippen molar-refractivity contribution in [2.45, 2.75) is 54.9 Å². The molecule has 12 heavy (non-hydrogen) atoms. The molecule has 0 aliphatic heterocycles. The fourth-order valence-corrected chi connectivity index (χ4v) is 1.52. The van der Waals surface area contributed by atoms with E-state index in [1.54, 1.807) is 5.57 Å². The standard InChI is InChI=1S/C12H24/c1-8-10(4)12(6,7)11(5)9(2)3/h10H,8H2,1-7H3. The quantitative estimate of drug-likeness (QED) is 0.547. The van der Waals surface area contributed by atoms with Gasteiger partial charge in [0.2, 0.25) is 0 Å². The van der Waals surface area contributed by atoms with Crippen LogP contribution in [0.25, 0.3) is 0 Å². The van der Waals surface area contributed by atoms with Gasteiger partial charge in [-0.2, -0.15) is 0 Å². The summed E-state index contributed by atoms with van der Waals surface area (Å²) in [6.45, 7) is 16.0. The molecule has 0 amide bonds. The highest BCUT2D eigenvalue weighted by atomic mass is 14.3. The molecule has 0 radical (unpaired) electrons. The second-order valence-corrected chi connectivity index (χ2v) is 4.66. The average Bonchev–Trinajstić information content (AvgIpc) is 2.01. The molecule has 0 aliphatic carbocycles. The minimum absolute atomic E-state index is 0.369. The Balaban J connectivity index is 4.73. The number of hydrogen-bond acceptors (Lipinski definition) is 0. The van der Waals surface area contributed by atoms with Crippen molar-refractivity contribution >= 4 is 0 Å². The van der Waals surface area contributed by atoms with Crippen molar-refractivity contribution in [1.82, 2.24) is 0 Å². The predicted molar refractivity (Wildman–Crippen MR) is 57.3 cm³/mol. The van der Waals surface area contributed by atoms with Crippen molar-refractivity contribution in [2.75, 3.05) is 0 Å². The van der Waals surface area contributed by atoms with Crippen molar-refractivity contribution in [3.63, 3.8) is 0 Å². The van der Waals surface area contributed by atoms with E-state index in [0.29, 0.717) is 5.41 Å². The van der Waals surface area contributed by atoms with Crippen molar-refractivity contribution in [1.29, 1.82) is 0 Å². The Morgan fingerprint density at radius 3 is 1.83 bits per heavy atom. The van der Waals surface area contributed by atoms with Crippen LogP contribution in [0.2, 0.25) is 0 Å². The van der Waals surface area contributed by atoms with Crippen molar-refractivity contribution in [2.24, 2.45) is 11.3 Å². The molecule has 1 atom stereocenters. The number of allylic oxidation sites excluding steroid dienone is 2. The van der Waals surface area contributed by atoms with Gasteiger partial charge < -0.3 is 0 Å². The first-order chi connectivity index (χ1) is 5.34. The molecular formula is C12H24. The van der Waals surface area contributed by atoms with E-state index in [0.717, 1.165) is 5.92 Å². The molecule has 0 bridgehead atoms. The van der Waals surface area contributed by atoms with E-state index in [1.807, 2.05) is 0 Å². The minimum atomic E-state index is 0.369. The molecule has 72 valence electrons. The zero-order chi connectivity index (χ0) is 9.94. The first-order valence-corrected chi connectivity index (χ1v) is 4.98. The lowest BCUT2D eigenvalue weighted by atomic mass is 9.72. The summed E-state index contributed by atoms with van der Waals surface area (Å²) in [7, 11) is 0. The minimum Gasteiger partial charge on any atom is -0.0770 e. The summed E-state index contributed by atoms with van der Waals surface area (Å²) in [5.41, 5.74) is 3.39. The first-order valence-electron chi connectivity index (χ1n) is 4.98. The highest BCUT2D eigenvalue weighted by Crippen LogP contribution is 2.37. The van der Waals surface area contributed by atoms with E-state index in [2.05, 4.69) is 48.5 Å². The molecule has 0 spiro atoms. The Morgan fingerprint density at radius 1 is 1.17 bits per heavy atom. The zero-order valence-electron chi connectivity index (χ0n) is 9.78. The Hall–Kier alpha value is -0.260. The van der Waals surface area contributed by atoms with Crippen LogP contribution in [0, 0.1) is 11.3 Å². The van der Waals surface area contributed by atoms with Gasteiger partial charge in [-0.15, -0.1) is 0 Å². The highest BCUT2D eigenvalue weighted by molar-refractivity contribution is 5.16. The van der Waals surface area contributed by atoms with Crippen LogP contribution < -0.4 is 0 Å². The third-order valence-corrected chi connectivity index (χ3v) is 3.56. The van der Waals surface area contributed by atoms with Gasteiger partial charge in [0.15, 0.2) is 0 Å². The van der Waals surface area contributed by atoms with Crippen molar-refractivity contribution in [3.8, 4) is 0 Å². The monoisotopic (exact) mass is 168 g/mol. The number of rotatable bonds is 3. The van der Waals surface area contributed by atoms with E-state index in [1.165, 1.54) is 12.0 Å². The van der Waals surface area contributed by atoms with E-state index in [4.69, 9.17) is 0 Å². The van der Waals surface area contributed by atoms with Gasteiger partial charge in [-0.05, 0) is 32.1 Å². The maximum absolute atomic E-state index is 2.35. The average molecular weight is 168 g/mol. The van der Waals surface area contributed by atoms with Crippen LogP contribution >= 0.6 is 0 Å². The van der Waals surface area contributed by atoms with E-state index >= 15 is 0 Å². The third kappa shape index (κ3) is 2.36. The van der Waals surface area contributed by atoms with E-state index < -0.39 is 0 Å². The predicted octanol–water partition coefficient (Wildman–Crippen LogP) is 4.42. The fraction of sp³-hybridized carbons (Fsp3) is 0.833. The Labute approximate surface area is 78.1 Å². The maximum Gasteiger partial charge on any atom is -0.0119 e. The maximum atomic E-state index is 2.35. The smallest absolute Gasteiger partial charge is 0.0119 e. The molecule has 0 saturated carbocycles. The lowest BCUT2D eigenvalue weighted by Crippen LogP contribution is -2.23. The molecule has 0 aliphatic rings.